The van der Waals surface area contributed by atoms with Crippen LogP contribution in [-0.2, 0) is 13.0 Å². The van der Waals surface area contributed by atoms with Crippen LogP contribution >= 0.6 is 11.3 Å². The fraction of sp³-hybridized carbons (Fsp3) is 0.545. The lowest BCUT2D eigenvalue weighted by molar-refractivity contribution is 0.181. The molecule has 0 N–H and O–H groups in total. The first kappa shape index (κ1) is 21.1. The summed E-state index contributed by atoms with van der Waals surface area (Å²) >= 11 is 1.75. The summed E-state index contributed by atoms with van der Waals surface area (Å²) in [5.74, 6) is 0.618. The van der Waals surface area contributed by atoms with Crippen LogP contribution in [0.4, 0.5) is 10.1 Å². The normalized spacial score (nSPS) is 19.7. The zero-order valence-electron chi connectivity index (χ0n) is 18.1. The van der Waals surface area contributed by atoms with Crippen molar-refractivity contribution >= 4 is 22.9 Å². The van der Waals surface area contributed by atoms with Gasteiger partial charge in [-0.25, -0.2) is 14.4 Å². The van der Waals surface area contributed by atoms with E-state index in [1.54, 1.807) is 17.4 Å². The summed E-state index contributed by atoms with van der Waals surface area (Å²) in [5.41, 5.74) is 2.40. The van der Waals surface area contributed by atoms with Gasteiger partial charge in [-0.3, -0.25) is 4.90 Å². The van der Waals surface area contributed by atoms with E-state index in [4.69, 9.17) is 0 Å². The van der Waals surface area contributed by atoms with Crippen LogP contribution in [0, 0.1) is 18.7 Å². The van der Waals surface area contributed by atoms with Crippen LogP contribution in [0.5, 0.6) is 0 Å². The fourth-order valence-corrected chi connectivity index (χ4v) is 4.97. The van der Waals surface area contributed by atoms with Gasteiger partial charge in [-0.1, -0.05) is 13.8 Å². The van der Waals surface area contributed by atoms with Crippen LogP contribution in [0.1, 0.15) is 41.8 Å². The predicted molar refractivity (Wildman–Crippen MR) is 120 cm³/mol. The highest BCUT2D eigenvalue weighted by molar-refractivity contribution is 7.11. The van der Waals surface area contributed by atoms with Crippen molar-refractivity contribution < 1.29 is 4.39 Å². The Kier molecular flexibility index (Phi) is 6.24. The molecular formula is C22H29FN6S. The number of rotatable bonds is 6. The topological polar surface area (TPSA) is 56.5 Å². The van der Waals surface area contributed by atoms with Crippen LogP contribution < -0.4 is 4.90 Å². The molecule has 160 valence electrons. The molecule has 1 saturated heterocycles. The molecule has 0 radical (unpaired) electrons. The molecule has 2 aliphatic heterocycles. The number of aliphatic imine (C=N–C) groups is 1. The van der Waals surface area contributed by atoms with Crippen molar-refractivity contribution in [1.82, 2.24) is 9.88 Å². The number of nitrogens with zero attached hydrogens (tertiary/aromatic N) is 6. The highest BCUT2D eigenvalue weighted by atomic mass is 32.1. The van der Waals surface area contributed by atoms with Gasteiger partial charge in [0.1, 0.15) is 10.8 Å². The van der Waals surface area contributed by atoms with Gasteiger partial charge in [0.2, 0.25) is 0 Å². The van der Waals surface area contributed by atoms with Crippen molar-refractivity contribution in [1.29, 1.82) is 0 Å². The summed E-state index contributed by atoms with van der Waals surface area (Å²) < 4.78 is 15.2. The van der Waals surface area contributed by atoms with Gasteiger partial charge < -0.3 is 4.90 Å². The molecule has 30 heavy (non-hydrogen) atoms. The standard InChI is InChI=1S/C22H29FN6S/c1-14(2)7-17-8-18(23)21(22-25-13-26-27-22)19(9-17)29-6-5-28(15(3)11-29)12-20-24-10-16(4)30-20/h8-10,14-15H,5-7,11-13H2,1-4H3/t15-/m0/s1. The number of thiazole rings is 1. The molecule has 1 aromatic carbocycles. The van der Waals surface area contributed by atoms with Gasteiger partial charge in [0.05, 0.1) is 17.8 Å². The van der Waals surface area contributed by atoms with E-state index in [-0.39, 0.29) is 12.5 Å². The molecule has 6 nitrogen and oxygen atoms in total. The molecule has 2 aromatic rings. The van der Waals surface area contributed by atoms with Crippen molar-refractivity contribution in [2.24, 2.45) is 21.1 Å². The first-order valence-electron chi connectivity index (χ1n) is 10.6. The fourth-order valence-electron chi connectivity index (χ4n) is 4.16. The number of aromatic nitrogens is 1. The van der Waals surface area contributed by atoms with Gasteiger partial charge >= 0.3 is 0 Å². The van der Waals surface area contributed by atoms with E-state index >= 15 is 4.39 Å². The Hall–Kier alpha value is -2.19. The average molecular weight is 429 g/mol. The minimum absolute atomic E-state index is 0.254. The van der Waals surface area contributed by atoms with Crippen molar-refractivity contribution in [2.75, 3.05) is 31.2 Å². The van der Waals surface area contributed by atoms with Crippen LogP contribution in [-0.4, -0.2) is 48.1 Å². The number of azo groups is 1. The second kappa shape index (κ2) is 8.89. The molecule has 8 heteroatoms. The summed E-state index contributed by atoms with van der Waals surface area (Å²) in [6.45, 7) is 12.3. The number of hydrogen-bond acceptors (Lipinski definition) is 7. The number of anilines is 1. The maximum Gasteiger partial charge on any atom is 0.183 e. The van der Waals surface area contributed by atoms with E-state index in [1.165, 1.54) is 4.88 Å². The van der Waals surface area contributed by atoms with Gasteiger partial charge in [0, 0.05) is 36.8 Å². The SMILES string of the molecule is Cc1cnc(CN2CCN(c3cc(CC(C)C)cc(F)c3C3=NCN=N3)C[C@@H]2C)s1. The Morgan fingerprint density at radius 3 is 2.73 bits per heavy atom. The molecule has 0 saturated carbocycles. The second-order valence-corrected chi connectivity index (χ2v) is 9.88. The van der Waals surface area contributed by atoms with Crippen LogP contribution in [0.3, 0.4) is 0 Å². The van der Waals surface area contributed by atoms with Gasteiger partial charge in [-0.05, 0) is 43.9 Å². The maximum absolute atomic E-state index is 15.2. The van der Waals surface area contributed by atoms with Gasteiger partial charge in [-0.2, -0.15) is 5.11 Å². The largest absolute Gasteiger partial charge is 0.368 e. The number of halogens is 1. The lowest BCUT2D eigenvalue weighted by Gasteiger charge is -2.41. The predicted octanol–water partition coefficient (Wildman–Crippen LogP) is 4.67. The first-order chi connectivity index (χ1) is 14.4. The molecular weight excluding hydrogens is 399 g/mol. The van der Waals surface area contributed by atoms with Gasteiger partial charge in [0.25, 0.3) is 0 Å². The molecule has 2 aliphatic rings. The van der Waals surface area contributed by atoms with Crippen molar-refractivity contribution in [2.45, 2.75) is 46.7 Å². The molecule has 1 fully saturated rings. The molecule has 1 aromatic heterocycles. The highest BCUT2D eigenvalue weighted by Crippen LogP contribution is 2.31. The van der Waals surface area contributed by atoms with Crippen molar-refractivity contribution in [3.63, 3.8) is 0 Å². The third-order valence-corrected chi connectivity index (χ3v) is 6.46. The molecule has 0 bridgehead atoms. The second-order valence-electron chi connectivity index (χ2n) is 8.56. The van der Waals surface area contributed by atoms with Crippen LogP contribution in [0.2, 0.25) is 0 Å². The third kappa shape index (κ3) is 4.59. The monoisotopic (exact) mass is 428 g/mol. The number of aryl methyl sites for hydroxylation is 1. The van der Waals surface area contributed by atoms with E-state index in [9.17, 15) is 0 Å². The number of benzene rings is 1. The Labute approximate surface area is 181 Å². The number of piperazine rings is 1. The zero-order chi connectivity index (χ0) is 21.3. The quantitative estimate of drug-likeness (QED) is 0.672. The van der Waals surface area contributed by atoms with Crippen LogP contribution in [0.15, 0.2) is 33.6 Å². The molecule has 3 heterocycles. The van der Waals surface area contributed by atoms with E-state index in [0.717, 1.165) is 48.9 Å². The molecule has 4 rings (SSSR count). The zero-order valence-corrected chi connectivity index (χ0v) is 18.9. The lowest BCUT2D eigenvalue weighted by atomic mass is 9.98. The van der Waals surface area contributed by atoms with E-state index in [0.29, 0.717) is 23.4 Å². The smallest absolute Gasteiger partial charge is 0.183 e. The van der Waals surface area contributed by atoms with Gasteiger partial charge in [0.15, 0.2) is 12.5 Å². The molecule has 0 unspecified atom stereocenters. The first-order valence-corrected chi connectivity index (χ1v) is 11.4. The van der Waals surface area contributed by atoms with Crippen LogP contribution in [0.25, 0.3) is 0 Å². The molecule has 0 spiro atoms. The van der Waals surface area contributed by atoms with E-state index in [2.05, 4.69) is 63.8 Å². The third-order valence-electron chi connectivity index (χ3n) is 5.56. The minimum atomic E-state index is -0.254. The van der Waals surface area contributed by atoms with E-state index < -0.39 is 0 Å². The number of hydrogen-bond donors (Lipinski definition) is 0. The Bertz CT molecular complexity index is 967. The van der Waals surface area contributed by atoms with Crippen molar-refractivity contribution in [3.8, 4) is 0 Å². The molecule has 0 aliphatic carbocycles. The number of amidine groups is 1. The lowest BCUT2D eigenvalue weighted by Crippen LogP contribution is -2.51. The summed E-state index contributed by atoms with van der Waals surface area (Å²) in [6.07, 6.45) is 2.78. The summed E-state index contributed by atoms with van der Waals surface area (Å²) in [5, 5.41) is 9.19. The Balaban J connectivity index is 1.59. The highest BCUT2D eigenvalue weighted by Gasteiger charge is 2.29. The molecule has 1 atom stereocenters. The van der Waals surface area contributed by atoms with Gasteiger partial charge in [-0.15, -0.1) is 16.5 Å². The molecule has 0 amide bonds. The van der Waals surface area contributed by atoms with Crippen molar-refractivity contribution in [3.05, 3.63) is 45.2 Å². The minimum Gasteiger partial charge on any atom is -0.368 e. The summed E-state index contributed by atoms with van der Waals surface area (Å²) in [6, 6.07) is 4.10. The summed E-state index contributed by atoms with van der Waals surface area (Å²) in [7, 11) is 0. The Morgan fingerprint density at radius 1 is 1.27 bits per heavy atom. The maximum atomic E-state index is 15.2. The Morgan fingerprint density at radius 2 is 2.10 bits per heavy atom. The average Bonchev–Trinajstić information content (AvgIpc) is 3.34. The van der Waals surface area contributed by atoms with E-state index in [1.807, 2.05) is 6.20 Å². The summed E-state index contributed by atoms with van der Waals surface area (Å²) in [4.78, 5) is 14.8.